The van der Waals surface area contributed by atoms with Crippen molar-refractivity contribution in [1.29, 1.82) is 0 Å². The van der Waals surface area contributed by atoms with E-state index in [2.05, 4.69) is 41.5 Å². The van der Waals surface area contributed by atoms with Gasteiger partial charge in [0, 0.05) is 37.0 Å². The van der Waals surface area contributed by atoms with Crippen LogP contribution in [0.4, 0.5) is 0 Å². The highest BCUT2D eigenvalue weighted by Gasteiger charge is 2.37. The molecule has 2 unspecified atom stereocenters. The van der Waals surface area contributed by atoms with Gasteiger partial charge in [0.1, 0.15) is 25.0 Å². The molecule has 10 heteroatoms. The van der Waals surface area contributed by atoms with E-state index in [1.165, 1.54) is 0 Å². The summed E-state index contributed by atoms with van der Waals surface area (Å²) in [6.07, 6.45) is 2.50. The molecule has 2 amide bonds. The molecule has 2 aliphatic heterocycles. The van der Waals surface area contributed by atoms with Gasteiger partial charge in [-0.15, -0.1) is 0 Å². The Bertz CT molecular complexity index is 2490. The van der Waals surface area contributed by atoms with Crippen molar-refractivity contribution in [2.45, 2.75) is 58.9 Å². The van der Waals surface area contributed by atoms with E-state index in [1.54, 1.807) is 23.1 Å². The Morgan fingerprint density at radius 3 is 2.40 bits per heavy atom. The van der Waals surface area contributed by atoms with E-state index in [0.717, 1.165) is 55.8 Å². The minimum absolute atomic E-state index is 0.189. The molecule has 0 radical (unpaired) electrons. The number of carbonyl (C=O) groups excluding carboxylic acids is 2. The van der Waals surface area contributed by atoms with Crippen molar-refractivity contribution < 1.29 is 23.8 Å². The normalized spacial score (nSPS) is 15.7. The first kappa shape index (κ1) is 39.0. The lowest BCUT2D eigenvalue weighted by Gasteiger charge is -2.37. The van der Waals surface area contributed by atoms with Gasteiger partial charge < -0.3 is 24.4 Å². The number of fused-ring (bicyclic) bond motifs is 2. The maximum atomic E-state index is 14.1. The zero-order valence-electron chi connectivity index (χ0n) is 32.6. The van der Waals surface area contributed by atoms with Crippen molar-refractivity contribution in [1.82, 2.24) is 15.2 Å². The average Bonchev–Trinajstić information content (AvgIpc) is 3.24. The summed E-state index contributed by atoms with van der Waals surface area (Å²) in [7, 11) is 0. The summed E-state index contributed by atoms with van der Waals surface area (Å²) in [4.78, 5) is 34.2. The number of carbonyl (C=O) groups is 2. The van der Waals surface area contributed by atoms with Crippen molar-refractivity contribution in [3.05, 3.63) is 176 Å². The number of hydrogen-bond acceptors (Lipinski definition) is 6. The molecule has 58 heavy (non-hydrogen) atoms. The molecule has 8 rings (SSSR count). The molecule has 6 aromatic rings. The summed E-state index contributed by atoms with van der Waals surface area (Å²) in [6.45, 7) is 7.42. The van der Waals surface area contributed by atoms with Crippen molar-refractivity contribution >= 4 is 35.0 Å². The third-order valence-electron chi connectivity index (χ3n) is 11.0. The summed E-state index contributed by atoms with van der Waals surface area (Å²) in [6, 6.07) is 34.3. The highest BCUT2D eigenvalue weighted by atomic mass is 35.5. The van der Waals surface area contributed by atoms with Crippen LogP contribution in [0.3, 0.4) is 0 Å². The molecule has 5 aromatic carbocycles. The van der Waals surface area contributed by atoms with Crippen molar-refractivity contribution in [2.24, 2.45) is 0 Å². The zero-order valence-corrected chi connectivity index (χ0v) is 34.1. The van der Waals surface area contributed by atoms with Crippen LogP contribution in [0.1, 0.15) is 61.1 Å². The maximum absolute atomic E-state index is 14.1. The third kappa shape index (κ3) is 8.54. The van der Waals surface area contributed by atoms with Gasteiger partial charge >= 0.3 is 0 Å². The van der Waals surface area contributed by atoms with E-state index in [0.29, 0.717) is 65.5 Å². The number of rotatable bonds is 10. The largest absolute Gasteiger partial charge is 0.489 e. The van der Waals surface area contributed by atoms with Crippen LogP contribution in [0.5, 0.6) is 17.2 Å². The van der Waals surface area contributed by atoms with Crippen LogP contribution in [0.15, 0.2) is 115 Å². The number of ether oxygens (including phenoxy) is 3. The number of aryl methyl sites for hydroxylation is 2. The topological polar surface area (TPSA) is 90.0 Å². The molecule has 1 N–H and O–H groups in total. The number of benzene rings is 5. The second-order valence-electron chi connectivity index (χ2n) is 14.9. The Balaban J connectivity index is 0.951. The van der Waals surface area contributed by atoms with Gasteiger partial charge in [-0.1, -0.05) is 83.4 Å². The Morgan fingerprint density at radius 2 is 1.62 bits per heavy atom. The second-order valence-corrected chi connectivity index (χ2v) is 15.7. The molecule has 0 fully saturated rings. The predicted molar refractivity (Wildman–Crippen MR) is 227 cm³/mol. The predicted octanol–water partition coefficient (Wildman–Crippen LogP) is 10.00. The van der Waals surface area contributed by atoms with Gasteiger partial charge in [0.2, 0.25) is 5.91 Å². The Morgan fingerprint density at radius 1 is 0.845 bits per heavy atom. The van der Waals surface area contributed by atoms with Crippen molar-refractivity contribution in [3.8, 4) is 28.4 Å². The summed E-state index contributed by atoms with van der Waals surface area (Å²) >= 11 is 12.2. The van der Waals surface area contributed by atoms with Gasteiger partial charge in [-0.25, -0.2) is 0 Å². The molecule has 2 atom stereocenters. The molecule has 0 spiro atoms. The number of halogens is 2. The molecule has 0 saturated carbocycles. The monoisotopic (exact) mass is 811 g/mol. The maximum Gasteiger partial charge on any atom is 0.254 e. The molecule has 8 nitrogen and oxygen atoms in total. The highest BCUT2D eigenvalue weighted by Crippen LogP contribution is 2.41. The minimum Gasteiger partial charge on any atom is -0.489 e. The second kappa shape index (κ2) is 16.9. The van der Waals surface area contributed by atoms with Gasteiger partial charge in [-0.2, -0.15) is 0 Å². The number of hydrogen-bond donors (Lipinski definition) is 1. The fraction of sp³-hybridized carbons (Fsp3) is 0.229. The van der Waals surface area contributed by atoms with Crippen molar-refractivity contribution in [3.63, 3.8) is 0 Å². The van der Waals surface area contributed by atoms with Gasteiger partial charge in [0.25, 0.3) is 5.91 Å². The van der Waals surface area contributed by atoms with Gasteiger partial charge in [0.15, 0.2) is 17.6 Å². The number of pyridine rings is 1. The molecule has 0 saturated heterocycles. The van der Waals surface area contributed by atoms with Crippen LogP contribution in [0.25, 0.3) is 11.1 Å². The molecule has 294 valence electrons. The van der Waals surface area contributed by atoms with Gasteiger partial charge in [-0.05, 0) is 126 Å². The van der Waals surface area contributed by atoms with E-state index in [1.807, 2.05) is 86.8 Å². The smallest absolute Gasteiger partial charge is 0.254 e. The fourth-order valence-electron chi connectivity index (χ4n) is 7.53. The van der Waals surface area contributed by atoms with Crippen molar-refractivity contribution in [2.75, 3.05) is 13.2 Å². The molecular formula is C48H43Cl2N3O5. The Hall–Kier alpha value is -5.83. The summed E-state index contributed by atoms with van der Waals surface area (Å²) in [5.41, 5.74) is 10.8. The van der Waals surface area contributed by atoms with Crippen LogP contribution in [-0.2, 0) is 30.8 Å². The number of amides is 2. The van der Waals surface area contributed by atoms with E-state index in [4.69, 9.17) is 37.4 Å². The summed E-state index contributed by atoms with van der Waals surface area (Å²) < 4.78 is 18.7. The molecular weight excluding hydrogens is 769 g/mol. The molecule has 3 heterocycles. The number of nitrogens with zero attached hydrogens (tertiary/aromatic N) is 2. The van der Waals surface area contributed by atoms with E-state index >= 15 is 0 Å². The van der Waals surface area contributed by atoms with Crippen LogP contribution in [0, 0.1) is 20.8 Å². The zero-order chi connectivity index (χ0) is 40.3. The first-order valence-corrected chi connectivity index (χ1v) is 20.1. The van der Waals surface area contributed by atoms with Gasteiger partial charge in [0.05, 0.1) is 10.0 Å². The lowest BCUT2D eigenvalue weighted by Crippen LogP contribution is -2.52. The highest BCUT2D eigenvalue weighted by molar-refractivity contribution is 6.42. The van der Waals surface area contributed by atoms with Gasteiger partial charge in [-0.3, -0.25) is 14.6 Å². The lowest BCUT2D eigenvalue weighted by molar-refractivity contribution is -0.126. The first-order valence-electron chi connectivity index (χ1n) is 19.4. The molecule has 2 aliphatic rings. The first-order chi connectivity index (χ1) is 28.1. The number of aromatic nitrogens is 1. The van der Waals surface area contributed by atoms with Crippen LogP contribution < -0.4 is 19.5 Å². The minimum atomic E-state index is -0.700. The van der Waals surface area contributed by atoms with E-state index in [-0.39, 0.29) is 24.5 Å². The third-order valence-corrected chi connectivity index (χ3v) is 11.7. The lowest BCUT2D eigenvalue weighted by atomic mass is 9.91. The van der Waals surface area contributed by atoms with E-state index in [9.17, 15) is 9.59 Å². The molecule has 0 bridgehead atoms. The Kier molecular flexibility index (Phi) is 11.4. The van der Waals surface area contributed by atoms with E-state index < -0.39 is 6.04 Å². The van der Waals surface area contributed by atoms with Crippen LogP contribution in [-0.4, -0.2) is 40.9 Å². The fourth-order valence-corrected chi connectivity index (χ4v) is 7.85. The summed E-state index contributed by atoms with van der Waals surface area (Å²) in [5, 5.41) is 4.13. The molecule has 0 aliphatic carbocycles. The van der Waals surface area contributed by atoms with Crippen LogP contribution in [0.2, 0.25) is 10.0 Å². The molecule has 1 aromatic heterocycles. The summed E-state index contributed by atoms with van der Waals surface area (Å²) in [5.74, 6) is 1.54. The Labute approximate surface area is 348 Å². The average molecular weight is 813 g/mol. The van der Waals surface area contributed by atoms with Crippen LogP contribution >= 0.6 is 23.2 Å². The quantitative estimate of drug-likeness (QED) is 0.148. The number of nitrogens with one attached hydrogen (secondary N) is 1. The standard InChI is InChI=1S/C48H43Cl2N3O5/c1-29-5-4-6-36(21-29)48(55)53-26-38-25-45-44(57-28-46(58-45)35-12-14-39(15-13-35)56-27-33-9-16-41(49)42(50)22-33)24-37(38)23-43(53)47(54)52-19-17-32-7-10-34(11-8-32)40-18-20-51-31(3)30(40)2/h4-16,18,20-22,24-25,43,46H,17,19,23,26-28H2,1-3H3,(H,52,54). The SMILES string of the molecule is Cc1cccc(C(=O)N2Cc3cc4c(cc3CC2C(=O)NCCc2ccc(-c3ccnc(C)c3C)cc2)OCC(c2ccc(OCc3ccc(Cl)c(Cl)c3)cc2)O4)c1.